The molecule has 0 radical (unpaired) electrons. The van der Waals surface area contributed by atoms with Gasteiger partial charge in [0.05, 0.1) is 5.69 Å². The molecular weight excluding hydrogens is 314 g/mol. The van der Waals surface area contributed by atoms with Crippen molar-refractivity contribution >= 4 is 23.0 Å². The summed E-state index contributed by atoms with van der Waals surface area (Å²) in [6.45, 7) is 6.67. The molecule has 3 N–H and O–H groups in total. The molecule has 0 amide bonds. The van der Waals surface area contributed by atoms with E-state index in [1.165, 1.54) is 18.5 Å². The average molecular weight is 334 g/mol. The predicted molar refractivity (Wildman–Crippen MR) is 90.4 cm³/mol. The maximum absolute atomic E-state index is 13.8. The molecule has 1 saturated heterocycles. The Balaban J connectivity index is 1.81. The fraction of sp³-hybridized carbons (Fsp3) is 0.375. The molecule has 0 spiro atoms. The van der Waals surface area contributed by atoms with Crippen LogP contribution in [0.1, 0.15) is 6.92 Å². The van der Waals surface area contributed by atoms with Crippen LogP contribution in [0.5, 0.6) is 0 Å². The highest BCUT2D eigenvalue weighted by Crippen LogP contribution is 2.30. The molecule has 3 rings (SSSR count). The molecule has 0 saturated carbocycles. The molecular formula is C16H20F2N6. The second kappa shape index (κ2) is 6.96. The van der Waals surface area contributed by atoms with Crippen LogP contribution >= 0.6 is 0 Å². The van der Waals surface area contributed by atoms with Crippen LogP contribution in [0.25, 0.3) is 0 Å². The molecule has 1 aromatic carbocycles. The van der Waals surface area contributed by atoms with E-state index in [1.807, 2.05) is 0 Å². The number of anilines is 4. The van der Waals surface area contributed by atoms with Gasteiger partial charge in [0.1, 0.15) is 23.6 Å². The van der Waals surface area contributed by atoms with Gasteiger partial charge in [-0.3, -0.25) is 0 Å². The van der Waals surface area contributed by atoms with Crippen LogP contribution in [0, 0.1) is 11.6 Å². The quantitative estimate of drug-likeness (QED) is 0.893. The SMILES string of the molecule is CCN1CCN(c2ncnc(Nc3ccc(F)cc3F)c2N)CC1. The molecule has 0 aliphatic carbocycles. The first-order chi connectivity index (χ1) is 11.6. The maximum atomic E-state index is 13.8. The van der Waals surface area contributed by atoms with Crippen molar-refractivity contribution in [3.05, 3.63) is 36.2 Å². The zero-order chi connectivity index (χ0) is 17.1. The normalized spacial score (nSPS) is 15.5. The molecule has 1 fully saturated rings. The number of piperazine rings is 1. The smallest absolute Gasteiger partial charge is 0.159 e. The molecule has 24 heavy (non-hydrogen) atoms. The van der Waals surface area contributed by atoms with Crippen LogP contribution in [0.2, 0.25) is 0 Å². The number of hydrogen-bond donors (Lipinski definition) is 2. The third-order valence-electron chi connectivity index (χ3n) is 4.17. The number of nitrogens with one attached hydrogen (secondary N) is 1. The first-order valence-corrected chi connectivity index (χ1v) is 7.88. The highest BCUT2D eigenvalue weighted by Gasteiger charge is 2.20. The van der Waals surface area contributed by atoms with E-state index in [9.17, 15) is 8.78 Å². The molecule has 0 unspecified atom stereocenters. The van der Waals surface area contributed by atoms with Crippen molar-refractivity contribution in [1.82, 2.24) is 14.9 Å². The molecule has 1 aromatic heterocycles. The lowest BCUT2D eigenvalue weighted by atomic mass is 10.2. The lowest BCUT2D eigenvalue weighted by Crippen LogP contribution is -2.46. The summed E-state index contributed by atoms with van der Waals surface area (Å²) in [4.78, 5) is 12.8. The third kappa shape index (κ3) is 3.38. The van der Waals surface area contributed by atoms with E-state index in [0.717, 1.165) is 38.8 Å². The number of nitrogen functional groups attached to an aromatic ring is 1. The summed E-state index contributed by atoms with van der Waals surface area (Å²) in [6, 6.07) is 3.30. The largest absolute Gasteiger partial charge is 0.393 e. The Labute approximate surface area is 139 Å². The number of halogens is 2. The summed E-state index contributed by atoms with van der Waals surface area (Å²) < 4.78 is 26.8. The number of rotatable bonds is 4. The van der Waals surface area contributed by atoms with Crippen LogP contribution in [0.4, 0.5) is 31.8 Å². The van der Waals surface area contributed by atoms with E-state index in [-0.39, 0.29) is 5.69 Å². The molecule has 0 bridgehead atoms. The summed E-state index contributed by atoms with van der Waals surface area (Å²) in [5.74, 6) is -0.400. The van der Waals surface area contributed by atoms with E-state index in [1.54, 1.807) is 0 Å². The van der Waals surface area contributed by atoms with Crippen LogP contribution in [-0.4, -0.2) is 47.6 Å². The molecule has 8 heteroatoms. The Kier molecular flexibility index (Phi) is 4.75. The molecule has 1 aliphatic rings. The standard InChI is InChI=1S/C16H20F2N6/c1-2-23-5-7-24(8-6-23)16-14(19)15(20-10-21-16)22-13-4-3-11(17)9-12(13)18/h3-4,9-10H,2,5-8,19H2,1H3,(H,20,21,22). The van der Waals surface area contributed by atoms with Crippen LogP contribution < -0.4 is 16.0 Å². The van der Waals surface area contributed by atoms with Gasteiger partial charge in [-0.05, 0) is 18.7 Å². The van der Waals surface area contributed by atoms with Gasteiger partial charge >= 0.3 is 0 Å². The summed E-state index contributed by atoms with van der Waals surface area (Å²) in [7, 11) is 0. The minimum atomic E-state index is -0.703. The van der Waals surface area contributed by atoms with Gasteiger partial charge in [0.15, 0.2) is 11.6 Å². The van der Waals surface area contributed by atoms with Gasteiger partial charge in [-0.25, -0.2) is 18.7 Å². The Bertz CT molecular complexity index is 716. The van der Waals surface area contributed by atoms with E-state index < -0.39 is 11.6 Å². The van der Waals surface area contributed by atoms with Crippen molar-refractivity contribution in [3.8, 4) is 0 Å². The van der Waals surface area contributed by atoms with Gasteiger partial charge in [0.25, 0.3) is 0 Å². The number of nitrogens with zero attached hydrogens (tertiary/aromatic N) is 4. The number of nitrogens with two attached hydrogens (primary N) is 1. The van der Waals surface area contributed by atoms with E-state index >= 15 is 0 Å². The molecule has 6 nitrogen and oxygen atoms in total. The summed E-state index contributed by atoms with van der Waals surface area (Å²) in [5, 5.41) is 2.81. The molecule has 2 heterocycles. The van der Waals surface area contributed by atoms with E-state index in [2.05, 4.69) is 32.0 Å². The third-order valence-corrected chi connectivity index (χ3v) is 4.17. The highest BCUT2D eigenvalue weighted by molar-refractivity contribution is 5.78. The molecule has 1 aliphatic heterocycles. The van der Waals surface area contributed by atoms with Gasteiger partial charge in [-0.2, -0.15) is 0 Å². The Morgan fingerprint density at radius 1 is 1.17 bits per heavy atom. The fourth-order valence-corrected chi connectivity index (χ4v) is 2.73. The summed E-state index contributed by atoms with van der Waals surface area (Å²) in [6.07, 6.45) is 1.39. The number of likely N-dealkylation sites (N-methyl/N-ethyl adjacent to an activating group) is 1. The topological polar surface area (TPSA) is 70.3 Å². The van der Waals surface area contributed by atoms with Crippen LogP contribution in [0.3, 0.4) is 0 Å². The van der Waals surface area contributed by atoms with Crippen molar-refractivity contribution in [3.63, 3.8) is 0 Å². The van der Waals surface area contributed by atoms with Gasteiger partial charge in [-0.1, -0.05) is 6.92 Å². The first-order valence-electron chi connectivity index (χ1n) is 7.88. The van der Waals surface area contributed by atoms with Crippen molar-refractivity contribution in [1.29, 1.82) is 0 Å². The monoisotopic (exact) mass is 334 g/mol. The lowest BCUT2D eigenvalue weighted by molar-refractivity contribution is 0.270. The predicted octanol–water partition coefficient (Wildman–Crippen LogP) is 2.22. The van der Waals surface area contributed by atoms with Gasteiger partial charge < -0.3 is 20.9 Å². The summed E-state index contributed by atoms with van der Waals surface area (Å²) in [5.41, 5.74) is 6.64. The number of hydrogen-bond acceptors (Lipinski definition) is 6. The van der Waals surface area contributed by atoms with Crippen molar-refractivity contribution < 1.29 is 8.78 Å². The van der Waals surface area contributed by atoms with Crippen molar-refractivity contribution in [2.45, 2.75) is 6.92 Å². The fourth-order valence-electron chi connectivity index (χ4n) is 2.73. The van der Waals surface area contributed by atoms with E-state index in [0.29, 0.717) is 17.3 Å². The Morgan fingerprint density at radius 2 is 1.92 bits per heavy atom. The van der Waals surface area contributed by atoms with Gasteiger partial charge in [0, 0.05) is 32.2 Å². The lowest BCUT2D eigenvalue weighted by Gasteiger charge is -2.35. The van der Waals surface area contributed by atoms with Crippen molar-refractivity contribution in [2.24, 2.45) is 0 Å². The Hall–Kier alpha value is -2.48. The second-order valence-corrected chi connectivity index (χ2v) is 5.63. The first kappa shape index (κ1) is 16.4. The average Bonchev–Trinajstić information content (AvgIpc) is 2.59. The van der Waals surface area contributed by atoms with Crippen LogP contribution in [0.15, 0.2) is 24.5 Å². The van der Waals surface area contributed by atoms with Gasteiger partial charge in [0.2, 0.25) is 0 Å². The summed E-state index contributed by atoms with van der Waals surface area (Å²) >= 11 is 0. The maximum Gasteiger partial charge on any atom is 0.159 e. The number of benzene rings is 1. The molecule has 2 aromatic rings. The number of aromatic nitrogens is 2. The molecule has 0 atom stereocenters. The highest BCUT2D eigenvalue weighted by atomic mass is 19.1. The zero-order valence-electron chi connectivity index (χ0n) is 13.5. The van der Waals surface area contributed by atoms with Crippen LogP contribution in [-0.2, 0) is 0 Å². The van der Waals surface area contributed by atoms with E-state index in [4.69, 9.17) is 5.73 Å². The second-order valence-electron chi connectivity index (χ2n) is 5.63. The van der Waals surface area contributed by atoms with Gasteiger partial charge in [-0.15, -0.1) is 0 Å². The zero-order valence-corrected chi connectivity index (χ0v) is 13.5. The Morgan fingerprint density at radius 3 is 2.58 bits per heavy atom. The molecule has 128 valence electrons. The van der Waals surface area contributed by atoms with Crippen molar-refractivity contribution in [2.75, 3.05) is 48.7 Å². The minimum absolute atomic E-state index is 0.114. The minimum Gasteiger partial charge on any atom is -0.393 e.